The van der Waals surface area contributed by atoms with E-state index in [4.69, 9.17) is 21.7 Å². The average Bonchev–Trinajstić information content (AvgIpc) is 3.03. The number of carbonyl (C=O) groups is 2. The Morgan fingerprint density at radius 1 is 1.29 bits per heavy atom. The Morgan fingerprint density at radius 2 is 2.07 bits per heavy atom. The van der Waals surface area contributed by atoms with Crippen molar-refractivity contribution in [1.82, 2.24) is 5.01 Å². The Kier molecular flexibility index (Phi) is 6.62. The molecule has 0 spiro atoms. The second-order valence-electron chi connectivity index (χ2n) is 5.62. The van der Waals surface area contributed by atoms with Crippen LogP contribution in [0.1, 0.15) is 5.56 Å². The van der Waals surface area contributed by atoms with Crippen LogP contribution in [0, 0.1) is 0 Å². The van der Waals surface area contributed by atoms with Gasteiger partial charge in [-0.1, -0.05) is 42.2 Å². The number of methoxy groups -OCH3 is 1. The van der Waals surface area contributed by atoms with Gasteiger partial charge in [-0.25, -0.2) is 0 Å². The summed E-state index contributed by atoms with van der Waals surface area (Å²) in [4.78, 5) is 23.7. The molecule has 1 N–H and O–H groups in total. The van der Waals surface area contributed by atoms with Gasteiger partial charge in [-0.2, -0.15) is 10.1 Å². The van der Waals surface area contributed by atoms with Gasteiger partial charge in [0.25, 0.3) is 11.8 Å². The molecular formula is C19H17N3O4S2. The number of anilines is 1. The van der Waals surface area contributed by atoms with E-state index in [2.05, 4.69) is 10.4 Å². The number of benzene rings is 2. The summed E-state index contributed by atoms with van der Waals surface area (Å²) in [5.41, 5.74) is 1.40. The molecule has 0 bridgehead atoms. The number of hydrogen-bond acceptors (Lipinski definition) is 7. The van der Waals surface area contributed by atoms with Crippen molar-refractivity contribution in [3.05, 3.63) is 54.1 Å². The molecule has 1 fully saturated rings. The monoisotopic (exact) mass is 415 g/mol. The SMILES string of the molecule is COc1cc(/C=N\N2C(=O)CSC2=S)ccc1OCC(=O)Nc1ccccc1. The van der Waals surface area contributed by atoms with Crippen molar-refractivity contribution in [2.45, 2.75) is 0 Å². The van der Waals surface area contributed by atoms with Crippen LogP contribution in [0.4, 0.5) is 5.69 Å². The summed E-state index contributed by atoms with van der Waals surface area (Å²) in [7, 11) is 1.50. The summed E-state index contributed by atoms with van der Waals surface area (Å²) in [6, 6.07) is 14.2. The van der Waals surface area contributed by atoms with E-state index in [1.54, 1.807) is 30.3 Å². The molecule has 1 aliphatic rings. The highest BCUT2D eigenvalue weighted by molar-refractivity contribution is 8.23. The van der Waals surface area contributed by atoms with E-state index >= 15 is 0 Å². The van der Waals surface area contributed by atoms with Gasteiger partial charge in [0.1, 0.15) is 0 Å². The maximum Gasteiger partial charge on any atom is 0.262 e. The molecule has 0 radical (unpaired) electrons. The zero-order valence-electron chi connectivity index (χ0n) is 15.0. The molecule has 1 saturated heterocycles. The van der Waals surface area contributed by atoms with Crippen LogP contribution in [0.25, 0.3) is 0 Å². The second kappa shape index (κ2) is 9.34. The van der Waals surface area contributed by atoms with Crippen LogP contribution in [-0.2, 0) is 9.59 Å². The van der Waals surface area contributed by atoms with E-state index in [-0.39, 0.29) is 18.4 Å². The van der Waals surface area contributed by atoms with Crippen LogP contribution in [0.3, 0.4) is 0 Å². The first-order valence-electron chi connectivity index (χ1n) is 8.26. The van der Waals surface area contributed by atoms with Crippen LogP contribution < -0.4 is 14.8 Å². The third-order valence-electron chi connectivity index (χ3n) is 3.65. The van der Waals surface area contributed by atoms with Gasteiger partial charge in [-0.05, 0) is 35.9 Å². The maximum atomic E-state index is 12.0. The van der Waals surface area contributed by atoms with E-state index in [0.717, 1.165) is 0 Å². The normalized spacial score (nSPS) is 13.8. The molecule has 0 unspecified atom stereocenters. The number of rotatable bonds is 7. The topological polar surface area (TPSA) is 80.2 Å². The Bertz CT molecular complexity index is 903. The summed E-state index contributed by atoms with van der Waals surface area (Å²) in [6.45, 7) is -0.160. The van der Waals surface area contributed by atoms with Crippen molar-refractivity contribution < 1.29 is 19.1 Å². The van der Waals surface area contributed by atoms with Crippen LogP contribution in [0.15, 0.2) is 53.6 Å². The van der Waals surface area contributed by atoms with E-state index in [1.165, 1.54) is 30.1 Å². The lowest BCUT2D eigenvalue weighted by Gasteiger charge is -2.12. The molecule has 2 amide bonds. The third kappa shape index (κ3) is 5.08. The molecule has 0 atom stereocenters. The van der Waals surface area contributed by atoms with Crippen molar-refractivity contribution in [3.63, 3.8) is 0 Å². The molecule has 144 valence electrons. The molecule has 7 nitrogen and oxygen atoms in total. The summed E-state index contributed by atoms with van der Waals surface area (Å²) >= 11 is 6.36. The van der Waals surface area contributed by atoms with Gasteiger partial charge in [-0.15, -0.1) is 0 Å². The Hall–Kier alpha value is -2.91. The molecule has 2 aromatic rings. The van der Waals surface area contributed by atoms with E-state index in [0.29, 0.717) is 32.8 Å². The second-order valence-corrected chi connectivity index (χ2v) is 7.23. The number of hydrazone groups is 1. The van der Waals surface area contributed by atoms with Crippen LogP contribution in [0.5, 0.6) is 11.5 Å². The minimum Gasteiger partial charge on any atom is -0.493 e. The van der Waals surface area contributed by atoms with Gasteiger partial charge >= 0.3 is 0 Å². The summed E-state index contributed by atoms with van der Waals surface area (Å²) < 4.78 is 11.3. The quantitative estimate of drug-likeness (QED) is 0.553. The zero-order chi connectivity index (χ0) is 19.9. The smallest absolute Gasteiger partial charge is 0.262 e. The number of hydrogen-bond donors (Lipinski definition) is 1. The molecule has 0 aromatic heterocycles. The van der Waals surface area contributed by atoms with Crippen molar-refractivity contribution in [3.8, 4) is 11.5 Å². The van der Waals surface area contributed by atoms with Crippen molar-refractivity contribution in [1.29, 1.82) is 0 Å². The minimum absolute atomic E-state index is 0.150. The van der Waals surface area contributed by atoms with Gasteiger partial charge < -0.3 is 14.8 Å². The fraction of sp³-hybridized carbons (Fsp3) is 0.158. The summed E-state index contributed by atoms with van der Waals surface area (Å²) in [6.07, 6.45) is 1.52. The predicted molar refractivity (Wildman–Crippen MR) is 113 cm³/mol. The van der Waals surface area contributed by atoms with E-state index < -0.39 is 0 Å². The number of nitrogens with zero attached hydrogens (tertiary/aromatic N) is 2. The van der Waals surface area contributed by atoms with E-state index in [1.807, 2.05) is 18.2 Å². The number of thioether (sulfide) groups is 1. The van der Waals surface area contributed by atoms with Crippen LogP contribution >= 0.6 is 24.0 Å². The number of amides is 2. The molecular weight excluding hydrogens is 398 g/mol. The number of thiocarbonyl (C=S) groups is 1. The van der Waals surface area contributed by atoms with Crippen molar-refractivity contribution in [2.75, 3.05) is 24.8 Å². The lowest BCUT2D eigenvalue weighted by Crippen LogP contribution is -2.22. The highest BCUT2D eigenvalue weighted by Crippen LogP contribution is 2.28. The minimum atomic E-state index is -0.280. The first-order valence-corrected chi connectivity index (χ1v) is 9.65. The number of nitrogens with one attached hydrogen (secondary N) is 1. The van der Waals surface area contributed by atoms with Crippen molar-refractivity contribution in [2.24, 2.45) is 5.10 Å². The number of para-hydroxylation sites is 1. The van der Waals surface area contributed by atoms with Crippen molar-refractivity contribution >= 4 is 52.0 Å². The van der Waals surface area contributed by atoms with Gasteiger partial charge in [0, 0.05) is 5.69 Å². The fourth-order valence-corrected chi connectivity index (χ4v) is 3.30. The van der Waals surface area contributed by atoms with Crippen LogP contribution in [-0.4, -0.2) is 46.8 Å². The van der Waals surface area contributed by atoms with Gasteiger partial charge in [0.05, 0.1) is 19.1 Å². The third-order valence-corrected chi connectivity index (χ3v) is 4.99. The first-order chi connectivity index (χ1) is 13.6. The lowest BCUT2D eigenvalue weighted by atomic mass is 10.2. The zero-order valence-corrected chi connectivity index (χ0v) is 16.6. The molecule has 28 heavy (non-hydrogen) atoms. The Balaban J connectivity index is 1.62. The largest absolute Gasteiger partial charge is 0.493 e. The highest BCUT2D eigenvalue weighted by atomic mass is 32.2. The molecule has 2 aromatic carbocycles. The summed E-state index contributed by atoms with van der Waals surface area (Å²) in [5.74, 6) is 0.740. The van der Waals surface area contributed by atoms with Crippen LogP contribution in [0.2, 0.25) is 0 Å². The van der Waals surface area contributed by atoms with Gasteiger partial charge in [-0.3, -0.25) is 9.59 Å². The molecule has 3 rings (SSSR count). The lowest BCUT2D eigenvalue weighted by molar-refractivity contribution is -0.124. The summed E-state index contributed by atoms with van der Waals surface area (Å²) in [5, 5.41) is 8.06. The average molecular weight is 415 g/mol. The predicted octanol–water partition coefficient (Wildman–Crippen LogP) is 2.91. The fourth-order valence-electron chi connectivity index (χ4n) is 2.33. The van der Waals surface area contributed by atoms with E-state index in [9.17, 15) is 9.59 Å². The Morgan fingerprint density at radius 3 is 2.75 bits per heavy atom. The molecule has 1 aliphatic heterocycles. The number of carbonyl (C=O) groups excluding carboxylic acids is 2. The van der Waals surface area contributed by atoms with Gasteiger partial charge in [0.15, 0.2) is 22.4 Å². The number of ether oxygens (including phenoxy) is 2. The molecule has 9 heteroatoms. The molecule has 0 saturated carbocycles. The Labute approximate surface area is 171 Å². The first kappa shape index (κ1) is 19.8. The molecule has 1 heterocycles. The standard InChI is InChI=1S/C19H17N3O4S2/c1-25-16-9-13(10-20-22-18(24)12-28-19(22)27)7-8-15(16)26-11-17(23)21-14-5-3-2-4-6-14/h2-10H,11-12H2,1H3,(H,21,23)/b20-10-. The maximum absolute atomic E-state index is 12.0. The van der Waals surface area contributed by atoms with Gasteiger partial charge in [0.2, 0.25) is 0 Å². The highest BCUT2D eigenvalue weighted by Gasteiger charge is 2.25. The molecule has 0 aliphatic carbocycles.